The monoisotopic (exact) mass is 345 g/mol. The van der Waals surface area contributed by atoms with Crippen LogP contribution in [0.5, 0.6) is 0 Å². The summed E-state index contributed by atoms with van der Waals surface area (Å²) < 4.78 is 6.58. The highest BCUT2D eigenvalue weighted by Gasteiger charge is 2.29. The van der Waals surface area contributed by atoms with Crippen molar-refractivity contribution in [3.63, 3.8) is 0 Å². The van der Waals surface area contributed by atoms with Gasteiger partial charge in [-0.3, -0.25) is 4.79 Å². The van der Waals surface area contributed by atoms with E-state index in [4.69, 9.17) is 16.3 Å². The van der Waals surface area contributed by atoms with Crippen LogP contribution in [0.4, 0.5) is 0 Å². The fourth-order valence-electron chi connectivity index (χ4n) is 2.29. The number of nitrogens with zero attached hydrogens (tertiary/aromatic N) is 1. The van der Waals surface area contributed by atoms with Gasteiger partial charge in [-0.05, 0) is 31.5 Å². The minimum absolute atomic E-state index is 0.0221. The fourth-order valence-corrected chi connectivity index (χ4v) is 2.82. The highest BCUT2D eigenvalue weighted by atomic mass is 79.9. The Morgan fingerprint density at radius 1 is 1.53 bits per heavy atom. The Morgan fingerprint density at radius 2 is 2.26 bits per heavy atom. The molecule has 1 aromatic carbocycles. The van der Waals surface area contributed by atoms with Crippen LogP contribution in [-0.2, 0) is 4.74 Å². The zero-order valence-corrected chi connectivity index (χ0v) is 13.4. The summed E-state index contributed by atoms with van der Waals surface area (Å²) in [5.74, 6) is 0.454. The Kier molecular flexibility index (Phi) is 4.87. The van der Waals surface area contributed by atoms with E-state index in [9.17, 15) is 4.79 Å². The predicted molar refractivity (Wildman–Crippen MR) is 79.8 cm³/mol. The summed E-state index contributed by atoms with van der Waals surface area (Å²) in [6.45, 7) is 5.08. The molecule has 3 nitrogen and oxygen atoms in total. The number of carbonyl (C=O) groups excluding carboxylic acids is 1. The van der Waals surface area contributed by atoms with Crippen LogP contribution in [0.25, 0.3) is 0 Å². The van der Waals surface area contributed by atoms with E-state index in [1.54, 1.807) is 0 Å². The van der Waals surface area contributed by atoms with Gasteiger partial charge in [-0.15, -0.1) is 11.6 Å². The molecule has 2 atom stereocenters. The van der Waals surface area contributed by atoms with Gasteiger partial charge in [0.15, 0.2) is 0 Å². The molecule has 0 bridgehead atoms. The van der Waals surface area contributed by atoms with Gasteiger partial charge in [-0.1, -0.05) is 22.0 Å². The molecule has 1 heterocycles. The zero-order chi connectivity index (χ0) is 14.0. The third kappa shape index (κ3) is 3.50. The highest BCUT2D eigenvalue weighted by molar-refractivity contribution is 9.10. The van der Waals surface area contributed by atoms with Crippen LogP contribution in [0.1, 0.15) is 22.8 Å². The maximum atomic E-state index is 12.6. The third-order valence-corrected chi connectivity index (χ3v) is 4.05. The number of amides is 1. The number of halogens is 2. The molecule has 1 aliphatic heterocycles. The summed E-state index contributed by atoms with van der Waals surface area (Å²) in [5, 5.41) is 0. The summed E-state index contributed by atoms with van der Waals surface area (Å²) in [7, 11) is 0. The minimum atomic E-state index is -0.0816. The van der Waals surface area contributed by atoms with Crippen molar-refractivity contribution in [2.24, 2.45) is 0 Å². The highest BCUT2D eigenvalue weighted by Crippen LogP contribution is 2.20. The molecule has 0 N–H and O–H groups in total. The summed E-state index contributed by atoms with van der Waals surface area (Å²) in [5.41, 5.74) is 1.71. The maximum Gasteiger partial charge on any atom is 0.254 e. The molecule has 1 aliphatic rings. The molecule has 19 heavy (non-hydrogen) atoms. The number of hydrogen-bond donors (Lipinski definition) is 0. The molecule has 104 valence electrons. The van der Waals surface area contributed by atoms with Gasteiger partial charge in [0, 0.05) is 23.1 Å². The fraction of sp³-hybridized carbons (Fsp3) is 0.500. The Labute approximate surface area is 127 Å². The molecule has 0 aromatic heterocycles. The van der Waals surface area contributed by atoms with Crippen molar-refractivity contribution < 1.29 is 9.53 Å². The van der Waals surface area contributed by atoms with E-state index in [1.165, 1.54) is 0 Å². The predicted octanol–water partition coefficient (Wildman–Crippen LogP) is 3.23. The number of rotatable bonds is 2. The normalized spacial score (nSPS) is 23.5. The van der Waals surface area contributed by atoms with Gasteiger partial charge in [0.25, 0.3) is 5.91 Å². The molecule has 1 fully saturated rings. The van der Waals surface area contributed by atoms with Crippen molar-refractivity contribution in [1.29, 1.82) is 0 Å². The first-order chi connectivity index (χ1) is 9.01. The molecule has 1 amide bonds. The van der Waals surface area contributed by atoms with E-state index in [-0.39, 0.29) is 18.1 Å². The van der Waals surface area contributed by atoms with E-state index in [1.807, 2.05) is 36.9 Å². The lowest BCUT2D eigenvalue weighted by atomic mass is 10.1. The van der Waals surface area contributed by atoms with Gasteiger partial charge in [0.05, 0.1) is 18.1 Å². The Balaban J connectivity index is 2.21. The molecular formula is C14H17BrClNO2. The molecule has 0 spiro atoms. The van der Waals surface area contributed by atoms with Crippen molar-refractivity contribution in [3.8, 4) is 0 Å². The Bertz CT molecular complexity index is 481. The van der Waals surface area contributed by atoms with Gasteiger partial charge in [-0.25, -0.2) is 0 Å². The lowest BCUT2D eigenvalue weighted by Crippen LogP contribution is -2.49. The Hall–Kier alpha value is -0.580. The van der Waals surface area contributed by atoms with E-state index in [2.05, 4.69) is 15.9 Å². The second-order valence-electron chi connectivity index (χ2n) is 4.89. The quantitative estimate of drug-likeness (QED) is 0.770. The van der Waals surface area contributed by atoms with Crippen LogP contribution < -0.4 is 0 Å². The molecule has 2 rings (SSSR count). The van der Waals surface area contributed by atoms with Crippen LogP contribution in [-0.4, -0.2) is 42.0 Å². The molecule has 1 saturated heterocycles. The summed E-state index contributed by atoms with van der Waals surface area (Å²) in [4.78, 5) is 14.4. The number of carbonyl (C=O) groups is 1. The smallest absolute Gasteiger partial charge is 0.254 e. The average molecular weight is 347 g/mol. The number of alkyl halides is 1. The summed E-state index contributed by atoms with van der Waals surface area (Å²) in [6, 6.07) is 5.75. The van der Waals surface area contributed by atoms with Gasteiger partial charge < -0.3 is 9.64 Å². The molecule has 5 heteroatoms. The second kappa shape index (κ2) is 6.25. The SMILES string of the molecule is Cc1ccc(Br)cc1C(=O)N1CC(C)OC(CCl)C1. The third-order valence-electron chi connectivity index (χ3n) is 3.22. The molecule has 0 saturated carbocycles. The van der Waals surface area contributed by atoms with Gasteiger partial charge in [-0.2, -0.15) is 0 Å². The van der Waals surface area contributed by atoms with Crippen LogP contribution in [0.15, 0.2) is 22.7 Å². The lowest BCUT2D eigenvalue weighted by molar-refractivity contribution is -0.0570. The van der Waals surface area contributed by atoms with Gasteiger partial charge >= 0.3 is 0 Å². The first-order valence-corrected chi connectivity index (χ1v) is 7.61. The molecule has 0 radical (unpaired) electrons. The topological polar surface area (TPSA) is 29.5 Å². The summed E-state index contributed by atoms with van der Waals surface area (Å²) in [6.07, 6.45) is -0.0595. The van der Waals surface area contributed by atoms with Gasteiger partial charge in [0.2, 0.25) is 0 Å². The molecule has 1 aromatic rings. The number of benzene rings is 1. The number of hydrogen-bond acceptors (Lipinski definition) is 2. The largest absolute Gasteiger partial charge is 0.370 e. The number of morpholine rings is 1. The van der Waals surface area contributed by atoms with E-state index in [0.717, 1.165) is 15.6 Å². The van der Waals surface area contributed by atoms with Crippen molar-refractivity contribution in [1.82, 2.24) is 4.90 Å². The number of ether oxygens (including phenoxy) is 1. The van der Waals surface area contributed by atoms with Crippen LogP contribution in [0, 0.1) is 6.92 Å². The van der Waals surface area contributed by atoms with Crippen LogP contribution in [0.3, 0.4) is 0 Å². The molecule has 0 aliphatic carbocycles. The minimum Gasteiger partial charge on any atom is -0.370 e. The van der Waals surface area contributed by atoms with E-state index < -0.39 is 0 Å². The van der Waals surface area contributed by atoms with E-state index >= 15 is 0 Å². The Morgan fingerprint density at radius 3 is 2.95 bits per heavy atom. The van der Waals surface area contributed by atoms with Crippen LogP contribution >= 0.6 is 27.5 Å². The first-order valence-electron chi connectivity index (χ1n) is 6.28. The number of aryl methyl sites for hydroxylation is 1. The zero-order valence-electron chi connectivity index (χ0n) is 11.0. The lowest BCUT2D eigenvalue weighted by Gasteiger charge is -2.36. The second-order valence-corrected chi connectivity index (χ2v) is 6.12. The molecule has 2 unspecified atom stereocenters. The van der Waals surface area contributed by atoms with E-state index in [0.29, 0.717) is 19.0 Å². The standard InChI is InChI=1S/C14H17BrClNO2/c1-9-3-4-11(15)5-13(9)14(18)17-7-10(2)19-12(6-16)8-17/h3-5,10,12H,6-8H2,1-2H3. The van der Waals surface area contributed by atoms with Crippen molar-refractivity contribution in [2.45, 2.75) is 26.1 Å². The first kappa shape index (κ1) is 14.8. The van der Waals surface area contributed by atoms with Crippen LogP contribution in [0.2, 0.25) is 0 Å². The van der Waals surface area contributed by atoms with Gasteiger partial charge in [0.1, 0.15) is 0 Å². The summed E-state index contributed by atoms with van der Waals surface area (Å²) >= 11 is 9.26. The van der Waals surface area contributed by atoms with Crippen molar-refractivity contribution >= 4 is 33.4 Å². The van der Waals surface area contributed by atoms with Crippen molar-refractivity contribution in [2.75, 3.05) is 19.0 Å². The molecular weight excluding hydrogens is 330 g/mol. The average Bonchev–Trinajstić information content (AvgIpc) is 2.40. The maximum absolute atomic E-state index is 12.6. The van der Waals surface area contributed by atoms with Crippen molar-refractivity contribution in [3.05, 3.63) is 33.8 Å².